The van der Waals surface area contributed by atoms with Gasteiger partial charge in [0.25, 0.3) is 0 Å². The molecule has 1 aromatic heterocycles. The molecule has 3 rings (SSSR count). The number of fused-ring (bicyclic) bond motifs is 1. The molecule has 1 aliphatic heterocycles. The molecule has 15 heavy (non-hydrogen) atoms. The van der Waals surface area contributed by atoms with Gasteiger partial charge in [-0.2, -0.15) is 0 Å². The van der Waals surface area contributed by atoms with Gasteiger partial charge in [0.15, 0.2) is 0 Å². The summed E-state index contributed by atoms with van der Waals surface area (Å²) in [6, 6.07) is 5.94. The second-order valence-corrected chi connectivity index (χ2v) is 4.10. The fourth-order valence-electron chi connectivity index (χ4n) is 1.58. The summed E-state index contributed by atoms with van der Waals surface area (Å²) in [7, 11) is 1.66. The zero-order valence-electron chi connectivity index (χ0n) is 8.10. The van der Waals surface area contributed by atoms with E-state index in [0.29, 0.717) is 0 Å². The lowest BCUT2D eigenvalue weighted by atomic mass is 10.1. The number of ether oxygens (including phenoxy) is 1. The molecule has 0 radical (unpaired) electrons. The van der Waals surface area contributed by atoms with Crippen LogP contribution in [0.25, 0.3) is 5.70 Å². The predicted octanol–water partition coefficient (Wildman–Crippen LogP) is 0.941. The Balaban J connectivity index is 2.17. The number of benzene rings is 1. The van der Waals surface area contributed by atoms with Crippen LogP contribution in [0.1, 0.15) is 4.88 Å². The highest BCUT2D eigenvalue weighted by molar-refractivity contribution is 7.10. The molecule has 0 unspecified atom stereocenters. The van der Waals surface area contributed by atoms with Crippen molar-refractivity contribution in [3.8, 4) is 5.75 Å². The van der Waals surface area contributed by atoms with Crippen molar-refractivity contribution in [2.75, 3.05) is 7.11 Å². The topological polar surface area (TPSA) is 34.5 Å². The molecule has 0 spiro atoms. The largest absolute Gasteiger partial charge is 0.497 e. The van der Waals surface area contributed by atoms with Crippen molar-refractivity contribution < 1.29 is 4.74 Å². The monoisotopic (exact) mass is 216 g/mol. The van der Waals surface area contributed by atoms with Crippen LogP contribution in [0.4, 0.5) is 0 Å². The molecule has 0 bridgehead atoms. The lowest BCUT2D eigenvalue weighted by Crippen LogP contribution is -2.34. The number of methoxy groups -OCH3 is 1. The normalized spacial score (nSPS) is 12.7. The molecule has 0 saturated carbocycles. The first-order chi connectivity index (χ1) is 7.38. The van der Waals surface area contributed by atoms with E-state index in [1.165, 1.54) is 5.22 Å². The molecule has 0 saturated heterocycles. The van der Waals surface area contributed by atoms with E-state index < -0.39 is 0 Å². The quantitative estimate of drug-likeness (QED) is 0.748. The molecule has 0 aliphatic carbocycles. The smallest absolute Gasteiger partial charge is 0.121 e. The van der Waals surface area contributed by atoms with Gasteiger partial charge in [0.1, 0.15) is 5.75 Å². The summed E-state index contributed by atoms with van der Waals surface area (Å²) < 4.78 is 5.13. The summed E-state index contributed by atoms with van der Waals surface area (Å²) >= 11 is 1.61. The highest BCUT2D eigenvalue weighted by atomic mass is 32.1. The van der Waals surface area contributed by atoms with Crippen molar-refractivity contribution in [3.63, 3.8) is 0 Å². The summed E-state index contributed by atoms with van der Waals surface area (Å²) in [6.45, 7) is 0. The Hall–Kier alpha value is -1.68. The van der Waals surface area contributed by atoms with Gasteiger partial charge in [0.2, 0.25) is 0 Å². The van der Waals surface area contributed by atoms with Gasteiger partial charge >= 0.3 is 0 Å². The Labute approximate surface area is 90.4 Å². The average Bonchev–Trinajstić information content (AvgIpc) is 2.73. The molecular weight excluding hydrogens is 208 g/mol. The molecule has 0 fully saturated rings. The van der Waals surface area contributed by atoms with E-state index in [0.717, 1.165) is 21.7 Å². The number of thiazole rings is 1. The van der Waals surface area contributed by atoms with E-state index in [9.17, 15) is 0 Å². The van der Waals surface area contributed by atoms with Gasteiger partial charge in [-0.1, -0.05) is 0 Å². The maximum absolute atomic E-state index is 5.13. The first-order valence-electron chi connectivity index (χ1n) is 4.54. The number of aromatic nitrogens is 1. The first-order valence-corrected chi connectivity index (χ1v) is 5.42. The average molecular weight is 216 g/mol. The molecule has 1 aromatic carbocycles. The lowest BCUT2D eigenvalue weighted by Gasteiger charge is -2.08. The maximum Gasteiger partial charge on any atom is 0.121 e. The lowest BCUT2D eigenvalue weighted by molar-refractivity contribution is 0.414. The molecule has 74 valence electrons. The summed E-state index contributed by atoms with van der Waals surface area (Å²) in [6.07, 6.45) is 1.84. The summed E-state index contributed by atoms with van der Waals surface area (Å²) in [5, 5.41) is 2.18. The number of rotatable bonds is 2. The highest BCUT2D eigenvalue weighted by Crippen LogP contribution is 2.18. The van der Waals surface area contributed by atoms with E-state index in [2.05, 4.69) is 9.98 Å². The number of hydrogen-bond acceptors (Lipinski definition) is 4. The second kappa shape index (κ2) is 3.17. The number of nitrogens with zero attached hydrogens (tertiary/aromatic N) is 2. The van der Waals surface area contributed by atoms with Crippen LogP contribution in [0.5, 0.6) is 5.75 Å². The van der Waals surface area contributed by atoms with Crippen molar-refractivity contribution in [1.82, 2.24) is 4.98 Å². The SMILES string of the molecule is COc1ccc2c(c1)=NC=2c1cncs1. The molecule has 0 N–H and O–H groups in total. The van der Waals surface area contributed by atoms with Crippen LogP contribution >= 0.6 is 11.3 Å². The number of hydrogen-bond donors (Lipinski definition) is 0. The van der Waals surface area contributed by atoms with Gasteiger partial charge in [-0.15, -0.1) is 11.3 Å². The molecule has 2 heterocycles. The molecule has 1 aliphatic rings. The molecule has 2 aromatic rings. The van der Waals surface area contributed by atoms with Gasteiger partial charge in [-0.05, 0) is 12.1 Å². The van der Waals surface area contributed by atoms with Gasteiger partial charge in [0.05, 0.1) is 28.6 Å². The van der Waals surface area contributed by atoms with E-state index in [1.54, 1.807) is 18.4 Å². The maximum atomic E-state index is 5.13. The standard InChI is InChI=1S/C11H8N2OS/c1-14-7-2-3-8-9(4-7)13-11(8)10-5-12-6-15-10/h2-6H,1H3. The van der Waals surface area contributed by atoms with E-state index in [1.807, 2.05) is 29.9 Å². The van der Waals surface area contributed by atoms with Crippen molar-refractivity contribution in [2.24, 2.45) is 4.99 Å². The van der Waals surface area contributed by atoms with Gasteiger partial charge in [-0.3, -0.25) is 4.98 Å². The van der Waals surface area contributed by atoms with Crippen molar-refractivity contribution in [2.45, 2.75) is 0 Å². The Morgan fingerprint density at radius 3 is 2.93 bits per heavy atom. The Kier molecular flexibility index (Phi) is 1.82. The third kappa shape index (κ3) is 1.26. The van der Waals surface area contributed by atoms with Gasteiger partial charge < -0.3 is 4.74 Å². The van der Waals surface area contributed by atoms with Crippen LogP contribution in [0, 0.1) is 0 Å². The van der Waals surface area contributed by atoms with Crippen LogP contribution in [-0.2, 0) is 0 Å². The second-order valence-electron chi connectivity index (χ2n) is 3.21. The van der Waals surface area contributed by atoms with Crippen molar-refractivity contribution in [3.05, 3.63) is 45.4 Å². The minimum Gasteiger partial charge on any atom is -0.497 e. The molecular formula is C11H8N2OS. The summed E-state index contributed by atoms with van der Waals surface area (Å²) in [4.78, 5) is 9.61. The highest BCUT2D eigenvalue weighted by Gasteiger charge is 2.11. The van der Waals surface area contributed by atoms with Crippen LogP contribution in [0.3, 0.4) is 0 Å². The van der Waals surface area contributed by atoms with Crippen molar-refractivity contribution >= 4 is 17.0 Å². The van der Waals surface area contributed by atoms with Crippen molar-refractivity contribution in [1.29, 1.82) is 0 Å². The fourth-order valence-corrected chi connectivity index (χ4v) is 2.20. The van der Waals surface area contributed by atoms with E-state index >= 15 is 0 Å². The van der Waals surface area contributed by atoms with E-state index in [-0.39, 0.29) is 0 Å². The zero-order valence-corrected chi connectivity index (χ0v) is 8.91. The fraction of sp³-hybridized carbons (Fsp3) is 0.0909. The van der Waals surface area contributed by atoms with Crippen LogP contribution in [-0.4, -0.2) is 12.1 Å². The summed E-state index contributed by atoms with van der Waals surface area (Å²) in [5.74, 6) is 0.848. The van der Waals surface area contributed by atoms with Gasteiger partial charge in [-0.25, -0.2) is 4.99 Å². The van der Waals surface area contributed by atoms with E-state index in [4.69, 9.17) is 4.74 Å². The van der Waals surface area contributed by atoms with Crippen LogP contribution < -0.4 is 15.3 Å². The first kappa shape index (κ1) is 8.61. The third-order valence-electron chi connectivity index (χ3n) is 2.36. The molecule has 0 amide bonds. The molecule has 4 heteroatoms. The Morgan fingerprint density at radius 1 is 1.33 bits per heavy atom. The summed E-state index contributed by atoms with van der Waals surface area (Å²) in [5.41, 5.74) is 2.86. The minimum absolute atomic E-state index is 0.848. The zero-order chi connectivity index (χ0) is 10.3. The third-order valence-corrected chi connectivity index (χ3v) is 3.14. The predicted molar refractivity (Wildman–Crippen MR) is 58.4 cm³/mol. The minimum atomic E-state index is 0.848. The van der Waals surface area contributed by atoms with Crippen LogP contribution in [0.2, 0.25) is 0 Å². The molecule has 0 atom stereocenters. The van der Waals surface area contributed by atoms with Gasteiger partial charge in [0, 0.05) is 17.5 Å². The molecule has 3 nitrogen and oxygen atoms in total. The Bertz CT molecular complexity index is 617. The van der Waals surface area contributed by atoms with Crippen LogP contribution in [0.15, 0.2) is 34.9 Å². The Morgan fingerprint density at radius 2 is 2.27 bits per heavy atom.